The molecular formula is C12H10F3NO7S. The van der Waals surface area contributed by atoms with Gasteiger partial charge in [0.05, 0.1) is 4.92 Å². The number of nitrogens with zero attached hydrogens (tertiary/aromatic N) is 1. The predicted octanol–water partition coefficient (Wildman–Crippen LogP) is 2.37. The standard InChI is InChI=1S/C12H10F3NO7S/c1-11(2)10(12(13,14)15)9(17)7-5(23-11)3-4-6(24(20,21)22)8(7)16(18)19/h3-4,10H,1-2H3,(H,20,21,22). The lowest BCUT2D eigenvalue weighted by Crippen LogP contribution is -2.53. The van der Waals surface area contributed by atoms with Crippen molar-refractivity contribution < 1.29 is 40.6 Å². The van der Waals surface area contributed by atoms with Crippen LogP contribution in [-0.2, 0) is 10.1 Å². The highest BCUT2D eigenvalue weighted by molar-refractivity contribution is 7.86. The van der Waals surface area contributed by atoms with E-state index in [4.69, 9.17) is 9.29 Å². The van der Waals surface area contributed by atoms with E-state index in [9.17, 15) is 36.5 Å². The molecule has 2 rings (SSSR count). The average molecular weight is 369 g/mol. The van der Waals surface area contributed by atoms with E-state index in [0.717, 1.165) is 19.9 Å². The molecule has 1 atom stereocenters. The molecule has 1 aromatic carbocycles. The summed E-state index contributed by atoms with van der Waals surface area (Å²) in [7, 11) is -5.15. The number of nitro benzene ring substituents is 1. The van der Waals surface area contributed by atoms with E-state index < -0.39 is 60.4 Å². The molecule has 0 radical (unpaired) electrons. The highest BCUT2D eigenvalue weighted by Gasteiger charge is 2.59. The lowest BCUT2D eigenvalue weighted by atomic mass is 9.80. The van der Waals surface area contributed by atoms with Crippen molar-refractivity contribution in [1.82, 2.24) is 0 Å². The number of hydrogen-bond acceptors (Lipinski definition) is 6. The van der Waals surface area contributed by atoms with Crippen LogP contribution in [0.25, 0.3) is 0 Å². The second-order valence-corrected chi connectivity index (χ2v) is 6.95. The van der Waals surface area contributed by atoms with Crippen molar-refractivity contribution in [3.63, 3.8) is 0 Å². The highest BCUT2D eigenvalue weighted by atomic mass is 32.2. The quantitative estimate of drug-likeness (QED) is 0.482. The van der Waals surface area contributed by atoms with E-state index in [1.54, 1.807) is 0 Å². The van der Waals surface area contributed by atoms with Gasteiger partial charge in [0.1, 0.15) is 16.9 Å². The third-order valence-corrected chi connectivity index (χ3v) is 4.35. The molecular weight excluding hydrogens is 359 g/mol. The maximum absolute atomic E-state index is 13.2. The van der Waals surface area contributed by atoms with E-state index in [-0.39, 0.29) is 0 Å². The first kappa shape index (κ1) is 18.1. The van der Waals surface area contributed by atoms with Crippen LogP contribution in [0.4, 0.5) is 18.9 Å². The van der Waals surface area contributed by atoms with Gasteiger partial charge in [0.25, 0.3) is 0 Å². The first-order chi connectivity index (χ1) is 10.7. The summed E-state index contributed by atoms with van der Waals surface area (Å²) < 4.78 is 76.2. The molecule has 0 fully saturated rings. The van der Waals surface area contributed by atoms with E-state index in [2.05, 4.69) is 0 Å². The lowest BCUT2D eigenvalue weighted by Gasteiger charge is -2.39. The largest absolute Gasteiger partial charge is 0.486 e. The van der Waals surface area contributed by atoms with E-state index in [0.29, 0.717) is 6.07 Å². The summed E-state index contributed by atoms with van der Waals surface area (Å²) in [6.07, 6.45) is -5.08. The summed E-state index contributed by atoms with van der Waals surface area (Å²) in [5.41, 5.74) is -4.66. The van der Waals surface area contributed by atoms with Gasteiger partial charge >= 0.3 is 22.0 Å². The van der Waals surface area contributed by atoms with Crippen LogP contribution < -0.4 is 4.74 Å². The molecule has 0 aliphatic carbocycles. The van der Waals surface area contributed by atoms with Gasteiger partial charge in [-0.05, 0) is 26.0 Å². The van der Waals surface area contributed by atoms with Gasteiger partial charge in [0.2, 0.25) is 0 Å². The summed E-state index contributed by atoms with van der Waals surface area (Å²) in [4.78, 5) is 20.8. The molecule has 0 amide bonds. The van der Waals surface area contributed by atoms with Crippen LogP contribution in [-0.4, -0.2) is 35.5 Å². The second kappa shape index (κ2) is 5.14. The Morgan fingerprint density at radius 2 is 1.88 bits per heavy atom. The minimum atomic E-state index is -5.15. The van der Waals surface area contributed by atoms with Crippen molar-refractivity contribution in [3.8, 4) is 5.75 Å². The van der Waals surface area contributed by atoms with Crippen LogP contribution in [0.2, 0.25) is 0 Å². The number of ether oxygens (including phenoxy) is 1. The minimum Gasteiger partial charge on any atom is -0.486 e. The number of benzene rings is 1. The molecule has 1 unspecified atom stereocenters. The zero-order valence-corrected chi connectivity index (χ0v) is 12.9. The van der Waals surface area contributed by atoms with E-state index in [1.807, 2.05) is 0 Å². The Labute approximate surface area is 133 Å². The molecule has 24 heavy (non-hydrogen) atoms. The fraction of sp³-hybridized carbons (Fsp3) is 0.417. The molecule has 12 heteroatoms. The third kappa shape index (κ3) is 2.82. The van der Waals surface area contributed by atoms with Crippen LogP contribution in [0.1, 0.15) is 24.2 Å². The van der Waals surface area contributed by atoms with E-state index in [1.165, 1.54) is 0 Å². The number of rotatable bonds is 2. The molecule has 1 aliphatic heterocycles. The van der Waals surface area contributed by atoms with Gasteiger partial charge < -0.3 is 4.74 Å². The Kier molecular flexibility index (Phi) is 3.89. The first-order valence-electron chi connectivity index (χ1n) is 6.26. The molecule has 0 saturated carbocycles. The maximum atomic E-state index is 13.2. The van der Waals surface area contributed by atoms with Crippen molar-refractivity contribution in [2.75, 3.05) is 0 Å². The summed E-state index contributed by atoms with van der Waals surface area (Å²) in [5, 5.41) is 11.1. The van der Waals surface area contributed by atoms with Crippen LogP contribution >= 0.6 is 0 Å². The summed E-state index contributed by atoms with van der Waals surface area (Å²) in [6, 6.07) is 1.38. The molecule has 0 spiro atoms. The van der Waals surface area contributed by atoms with Crippen molar-refractivity contribution in [3.05, 3.63) is 27.8 Å². The molecule has 0 aromatic heterocycles. The number of halogens is 3. The maximum Gasteiger partial charge on any atom is 0.402 e. The van der Waals surface area contributed by atoms with E-state index >= 15 is 0 Å². The Balaban J connectivity index is 2.88. The van der Waals surface area contributed by atoms with Gasteiger partial charge in [-0.15, -0.1) is 0 Å². The molecule has 1 N–H and O–H groups in total. The number of fused-ring (bicyclic) bond motifs is 1. The van der Waals surface area contributed by atoms with Gasteiger partial charge in [0.15, 0.2) is 16.6 Å². The number of carbonyl (C=O) groups excluding carboxylic acids is 1. The number of nitro groups is 1. The highest BCUT2D eigenvalue weighted by Crippen LogP contribution is 2.48. The van der Waals surface area contributed by atoms with Gasteiger partial charge in [-0.2, -0.15) is 21.6 Å². The molecule has 0 bridgehead atoms. The smallest absolute Gasteiger partial charge is 0.402 e. The molecule has 0 saturated heterocycles. The van der Waals surface area contributed by atoms with Crippen LogP contribution in [0, 0.1) is 16.0 Å². The fourth-order valence-electron chi connectivity index (χ4n) is 2.61. The number of ketones is 1. The predicted molar refractivity (Wildman–Crippen MR) is 71.5 cm³/mol. The summed E-state index contributed by atoms with van der Waals surface area (Å²) in [5.74, 6) is -5.01. The normalized spacial score (nSPS) is 20.2. The SMILES string of the molecule is CC1(C)Oc2ccc(S(=O)(=O)O)c([N+](=O)[O-])c2C(=O)C1C(F)(F)F. The molecule has 132 valence electrons. The van der Waals surface area contributed by atoms with Crippen molar-refractivity contribution in [2.24, 2.45) is 5.92 Å². The number of carbonyl (C=O) groups is 1. The Hall–Kier alpha value is -2.21. The monoisotopic (exact) mass is 369 g/mol. The number of alkyl halides is 3. The fourth-order valence-corrected chi connectivity index (χ4v) is 3.27. The van der Waals surface area contributed by atoms with Crippen LogP contribution in [0.15, 0.2) is 17.0 Å². The van der Waals surface area contributed by atoms with Crippen molar-refractivity contribution in [2.45, 2.75) is 30.5 Å². The van der Waals surface area contributed by atoms with Gasteiger partial charge in [-0.3, -0.25) is 19.5 Å². The lowest BCUT2D eigenvalue weighted by molar-refractivity contribution is -0.388. The van der Waals surface area contributed by atoms with Crippen LogP contribution in [0.5, 0.6) is 5.75 Å². The summed E-state index contributed by atoms with van der Waals surface area (Å²) >= 11 is 0. The Bertz CT molecular complexity index is 845. The average Bonchev–Trinajstić information content (AvgIpc) is 2.32. The zero-order valence-electron chi connectivity index (χ0n) is 12.1. The van der Waals surface area contributed by atoms with Crippen molar-refractivity contribution in [1.29, 1.82) is 0 Å². The van der Waals surface area contributed by atoms with Gasteiger partial charge in [-0.25, -0.2) is 0 Å². The number of hydrogen-bond donors (Lipinski definition) is 1. The topological polar surface area (TPSA) is 124 Å². The molecule has 1 heterocycles. The van der Waals surface area contributed by atoms with Crippen LogP contribution in [0.3, 0.4) is 0 Å². The zero-order chi connectivity index (χ0) is 18.7. The Morgan fingerprint density at radius 3 is 2.29 bits per heavy atom. The number of Topliss-reactive ketones (excluding diaryl/α,β-unsaturated/α-hetero) is 1. The first-order valence-corrected chi connectivity index (χ1v) is 7.70. The third-order valence-electron chi connectivity index (χ3n) is 3.47. The Morgan fingerprint density at radius 1 is 1.33 bits per heavy atom. The second-order valence-electron chi connectivity index (χ2n) is 5.56. The molecule has 1 aliphatic rings. The summed E-state index contributed by atoms with van der Waals surface area (Å²) in [6.45, 7) is 1.96. The van der Waals surface area contributed by atoms with Gasteiger partial charge in [-0.1, -0.05) is 0 Å². The molecule has 8 nitrogen and oxygen atoms in total. The molecule has 1 aromatic rings. The van der Waals surface area contributed by atoms with Gasteiger partial charge in [0, 0.05) is 0 Å². The minimum absolute atomic E-state index is 0.565. The van der Waals surface area contributed by atoms with Crippen molar-refractivity contribution >= 4 is 21.6 Å².